The minimum Gasteiger partial charge on any atom is -0.497 e. The lowest BCUT2D eigenvalue weighted by atomic mass is 10.1. The number of nitrogens with zero attached hydrogens (tertiary/aromatic N) is 1. The molecular weight excluding hydrogens is 354 g/mol. The van der Waals surface area contributed by atoms with Gasteiger partial charge in [0.05, 0.1) is 7.11 Å². The fraction of sp³-hybridized carbons (Fsp3) is 0.105. The lowest BCUT2D eigenvalue weighted by Gasteiger charge is -2.10. The summed E-state index contributed by atoms with van der Waals surface area (Å²) in [5.41, 5.74) is 3.22. The Morgan fingerprint density at radius 1 is 0.957 bits per heavy atom. The molecule has 0 radical (unpaired) electrons. The average molecular weight is 370 g/mol. The van der Waals surface area contributed by atoms with Gasteiger partial charge in [0.25, 0.3) is 0 Å². The molecule has 0 saturated carbocycles. The predicted molar refractivity (Wildman–Crippen MR) is 94.7 cm³/mol. The molecule has 0 fully saturated rings. The summed E-state index contributed by atoms with van der Waals surface area (Å²) in [5, 5.41) is 0. The summed E-state index contributed by atoms with van der Waals surface area (Å²) in [6.07, 6.45) is 3.61. The number of pyridine rings is 1. The standard InChI is InChI=1S/C19H16BrNO2/c1-22-18-6-4-14(5-7-18)13-23-19-10-16(9-17(20)11-19)15-3-2-8-21-12-15/h2-12H,13H2,1H3. The summed E-state index contributed by atoms with van der Waals surface area (Å²) < 4.78 is 12.1. The quantitative estimate of drug-likeness (QED) is 0.626. The number of hydrogen-bond donors (Lipinski definition) is 0. The van der Waals surface area contributed by atoms with Crippen LogP contribution in [0.4, 0.5) is 0 Å². The zero-order chi connectivity index (χ0) is 16.1. The van der Waals surface area contributed by atoms with E-state index in [-0.39, 0.29) is 0 Å². The van der Waals surface area contributed by atoms with Gasteiger partial charge in [0.2, 0.25) is 0 Å². The largest absolute Gasteiger partial charge is 0.497 e. The molecule has 2 aromatic carbocycles. The van der Waals surface area contributed by atoms with Crippen molar-refractivity contribution in [2.45, 2.75) is 6.61 Å². The van der Waals surface area contributed by atoms with Gasteiger partial charge in [-0.15, -0.1) is 0 Å². The summed E-state index contributed by atoms with van der Waals surface area (Å²) in [5.74, 6) is 1.66. The summed E-state index contributed by atoms with van der Waals surface area (Å²) >= 11 is 3.54. The number of benzene rings is 2. The summed E-state index contributed by atoms with van der Waals surface area (Å²) in [7, 11) is 1.66. The Morgan fingerprint density at radius 3 is 2.48 bits per heavy atom. The van der Waals surface area contributed by atoms with E-state index in [0.29, 0.717) is 6.61 Å². The fourth-order valence-electron chi connectivity index (χ4n) is 2.23. The molecule has 4 heteroatoms. The maximum absolute atomic E-state index is 5.92. The van der Waals surface area contributed by atoms with Crippen molar-refractivity contribution in [2.75, 3.05) is 7.11 Å². The molecule has 0 N–H and O–H groups in total. The number of aromatic nitrogens is 1. The first-order chi connectivity index (χ1) is 11.2. The van der Waals surface area contributed by atoms with Crippen molar-refractivity contribution >= 4 is 15.9 Å². The van der Waals surface area contributed by atoms with E-state index in [1.807, 2.05) is 54.7 Å². The Morgan fingerprint density at radius 2 is 1.78 bits per heavy atom. The van der Waals surface area contributed by atoms with Gasteiger partial charge in [0, 0.05) is 22.4 Å². The molecule has 3 rings (SSSR count). The fourth-order valence-corrected chi connectivity index (χ4v) is 2.71. The van der Waals surface area contributed by atoms with Gasteiger partial charge in [-0.05, 0) is 47.5 Å². The van der Waals surface area contributed by atoms with Crippen LogP contribution in [0.1, 0.15) is 5.56 Å². The number of rotatable bonds is 5. The number of ether oxygens (including phenoxy) is 2. The first kappa shape index (κ1) is 15.6. The van der Waals surface area contributed by atoms with Crippen molar-refractivity contribution in [2.24, 2.45) is 0 Å². The molecule has 23 heavy (non-hydrogen) atoms. The first-order valence-electron chi connectivity index (χ1n) is 7.21. The number of hydrogen-bond acceptors (Lipinski definition) is 3. The maximum atomic E-state index is 5.92. The van der Waals surface area contributed by atoms with Crippen LogP contribution in [-0.4, -0.2) is 12.1 Å². The minimum absolute atomic E-state index is 0.507. The Hall–Kier alpha value is -2.33. The molecule has 0 amide bonds. The molecule has 0 spiro atoms. The predicted octanol–water partition coefficient (Wildman–Crippen LogP) is 5.10. The van der Waals surface area contributed by atoms with Crippen LogP contribution in [0.25, 0.3) is 11.1 Å². The highest BCUT2D eigenvalue weighted by Gasteiger charge is 2.04. The maximum Gasteiger partial charge on any atom is 0.121 e. The SMILES string of the molecule is COc1ccc(COc2cc(Br)cc(-c3cccnc3)c2)cc1. The Bertz CT molecular complexity index is 773. The Labute approximate surface area is 144 Å². The van der Waals surface area contributed by atoms with Crippen LogP contribution in [0.15, 0.2) is 71.5 Å². The van der Waals surface area contributed by atoms with Gasteiger partial charge in [-0.2, -0.15) is 0 Å². The molecule has 0 aliphatic rings. The molecule has 1 heterocycles. The zero-order valence-electron chi connectivity index (χ0n) is 12.7. The highest BCUT2D eigenvalue weighted by atomic mass is 79.9. The average Bonchev–Trinajstić information content (AvgIpc) is 2.61. The minimum atomic E-state index is 0.507. The molecule has 0 atom stereocenters. The van der Waals surface area contributed by atoms with Gasteiger partial charge in [0.1, 0.15) is 18.1 Å². The summed E-state index contributed by atoms with van der Waals surface area (Å²) in [6.45, 7) is 0.507. The lowest BCUT2D eigenvalue weighted by Crippen LogP contribution is -1.96. The third kappa shape index (κ3) is 4.11. The normalized spacial score (nSPS) is 10.3. The molecular formula is C19H16BrNO2. The molecule has 0 saturated heterocycles. The van der Waals surface area contributed by atoms with Crippen molar-refractivity contribution in [3.63, 3.8) is 0 Å². The van der Waals surface area contributed by atoms with Crippen molar-refractivity contribution in [1.29, 1.82) is 0 Å². The van der Waals surface area contributed by atoms with Crippen LogP contribution in [0.5, 0.6) is 11.5 Å². The van der Waals surface area contributed by atoms with E-state index in [1.165, 1.54) is 0 Å². The van der Waals surface area contributed by atoms with E-state index in [4.69, 9.17) is 9.47 Å². The van der Waals surface area contributed by atoms with Crippen LogP contribution in [0.3, 0.4) is 0 Å². The molecule has 0 unspecified atom stereocenters. The van der Waals surface area contributed by atoms with E-state index in [2.05, 4.69) is 27.0 Å². The number of halogens is 1. The monoisotopic (exact) mass is 369 g/mol. The highest BCUT2D eigenvalue weighted by Crippen LogP contribution is 2.28. The van der Waals surface area contributed by atoms with Crippen LogP contribution < -0.4 is 9.47 Å². The lowest BCUT2D eigenvalue weighted by molar-refractivity contribution is 0.306. The Balaban J connectivity index is 1.76. The second-order valence-corrected chi connectivity index (χ2v) is 5.97. The molecule has 116 valence electrons. The Kier molecular flexibility index (Phi) is 4.93. The second-order valence-electron chi connectivity index (χ2n) is 5.05. The van der Waals surface area contributed by atoms with Gasteiger partial charge < -0.3 is 9.47 Å². The molecule has 0 aliphatic carbocycles. The third-order valence-electron chi connectivity index (χ3n) is 3.43. The van der Waals surface area contributed by atoms with E-state index in [1.54, 1.807) is 13.3 Å². The van der Waals surface area contributed by atoms with Gasteiger partial charge in [0.15, 0.2) is 0 Å². The molecule has 0 aliphatic heterocycles. The van der Waals surface area contributed by atoms with Crippen molar-refractivity contribution in [1.82, 2.24) is 4.98 Å². The van der Waals surface area contributed by atoms with Crippen LogP contribution >= 0.6 is 15.9 Å². The number of methoxy groups -OCH3 is 1. The smallest absolute Gasteiger partial charge is 0.121 e. The van der Waals surface area contributed by atoms with Gasteiger partial charge in [-0.1, -0.05) is 34.1 Å². The van der Waals surface area contributed by atoms with Crippen LogP contribution in [-0.2, 0) is 6.61 Å². The topological polar surface area (TPSA) is 31.4 Å². The third-order valence-corrected chi connectivity index (χ3v) is 3.89. The van der Waals surface area contributed by atoms with Crippen molar-refractivity contribution in [3.8, 4) is 22.6 Å². The molecule has 3 nitrogen and oxygen atoms in total. The summed E-state index contributed by atoms with van der Waals surface area (Å²) in [6, 6.07) is 17.8. The first-order valence-corrected chi connectivity index (χ1v) is 8.00. The zero-order valence-corrected chi connectivity index (χ0v) is 14.3. The van der Waals surface area contributed by atoms with E-state index in [0.717, 1.165) is 32.7 Å². The van der Waals surface area contributed by atoms with Gasteiger partial charge in [-0.25, -0.2) is 0 Å². The van der Waals surface area contributed by atoms with Gasteiger partial charge >= 0.3 is 0 Å². The van der Waals surface area contributed by atoms with E-state index >= 15 is 0 Å². The second kappa shape index (κ2) is 7.29. The highest BCUT2D eigenvalue weighted by molar-refractivity contribution is 9.10. The molecule has 3 aromatic rings. The molecule has 0 bridgehead atoms. The van der Waals surface area contributed by atoms with Crippen LogP contribution in [0, 0.1) is 0 Å². The van der Waals surface area contributed by atoms with E-state index < -0.39 is 0 Å². The van der Waals surface area contributed by atoms with Crippen molar-refractivity contribution in [3.05, 3.63) is 77.0 Å². The molecule has 1 aromatic heterocycles. The van der Waals surface area contributed by atoms with Gasteiger partial charge in [-0.3, -0.25) is 4.98 Å². The van der Waals surface area contributed by atoms with E-state index in [9.17, 15) is 0 Å². The summed E-state index contributed by atoms with van der Waals surface area (Å²) in [4.78, 5) is 4.16. The van der Waals surface area contributed by atoms with Crippen LogP contribution in [0.2, 0.25) is 0 Å². The van der Waals surface area contributed by atoms with Crippen molar-refractivity contribution < 1.29 is 9.47 Å².